The Hall–Kier alpha value is -0.0800. The number of likely N-dealkylation sites (tertiary alicyclic amines) is 1. The molecule has 5 unspecified atom stereocenters. The molecule has 3 fully saturated rings. The molecule has 0 aromatic rings. The van der Waals surface area contributed by atoms with Gasteiger partial charge in [0.25, 0.3) is 0 Å². The van der Waals surface area contributed by atoms with E-state index in [0.29, 0.717) is 11.5 Å². The molecule has 0 spiro atoms. The Bertz CT molecular complexity index is 346. The van der Waals surface area contributed by atoms with Crippen LogP contribution in [0.25, 0.3) is 0 Å². The molecule has 1 heterocycles. The molecule has 1 saturated heterocycles. The van der Waals surface area contributed by atoms with Crippen LogP contribution in [0.1, 0.15) is 72.1 Å². The molecular formula is C19H36N2. The predicted octanol–water partition coefficient (Wildman–Crippen LogP) is 4.04. The zero-order valence-corrected chi connectivity index (χ0v) is 14.5. The Kier molecular flexibility index (Phi) is 4.66. The average Bonchev–Trinajstić information content (AvgIpc) is 2.68. The topological polar surface area (TPSA) is 29.3 Å². The maximum absolute atomic E-state index is 6.40. The zero-order chi connectivity index (χ0) is 15.0. The van der Waals surface area contributed by atoms with E-state index in [0.717, 1.165) is 23.8 Å². The van der Waals surface area contributed by atoms with Crippen LogP contribution in [0.4, 0.5) is 0 Å². The van der Waals surface area contributed by atoms with Crippen LogP contribution in [0.5, 0.6) is 0 Å². The first-order valence-electron chi connectivity index (χ1n) is 9.45. The van der Waals surface area contributed by atoms with Crippen LogP contribution in [-0.4, -0.2) is 30.1 Å². The predicted molar refractivity (Wildman–Crippen MR) is 90.2 cm³/mol. The Morgan fingerprint density at radius 2 is 1.62 bits per heavy atom. The Balaban J connectivity index is 1.58. The van der Waals surface area contributed by atoms with E-state index in [2.05, 4.69) is 25.7 Å². The number of fused-ring (bicyclic) bond motifs is 1. The van der Waals surface area contributed by atoms with Gasteiger partial charge < -0.3 is 5.73 Å². The lowest BCUT2D eigenvalue weighted by Gasteiger charge is -2.31. The average molecular weight is 293 g/mol. The van der Waals surface area contributed by atoms with E-state index in [1.165, 1.54) is 64.5 Å². The first kappa shape index (κ1) is 15.8. The van der Waals surface area contributed by atoms with Gasteiger partial charge in [0.15, 0.2) is 0 Å². The second-order valence-corrected chi connectivity index (χ2v) is 9.20. The quantitative estimate of drug-likeness (QED) is 0.739. The van der Waals surface area contributed by atoms with Crippen molar-refractivity contribution in [2.45, 2.75) is 84.2 Å². The lowest BCUT2D eigenvalue weighted by Crippen LogP contribution is -2.39. The minimum Gasteiger partial charge on any atom is -0.327 e. The van der Waals surface area contributed by atoms with Crippen molar-refractivity contribution in [1.29, 1.82) is 0 Å². The third-order valence-corrected chi connectivity index (χ3v) is 6.86. The third kappa shape index (κ3) is 3.47. The molecule has 0 bridgehead atoms. The van der Waals surface area contributed by atoms with Crippen molar-refractivity contribution in [2.24, 2.45) is 28.9 Å². The third-order valence-electron chi connectivity index (χ3n) is 6.86. The largest absolute Gasteiger partial charge is 0.327 e. The summed E-state index contributed by atoms with van der Waals surface area (Å²) in [4.78, 5) is 2.84. The fourth-order valence-electron chi connectivity index (χ4n) is 5.36. The van der Waals surface area contributed by atoms with Crippen LogP contribution < -0.4 is 5.73 Å². The maximum Gasteiger partial charge on any atom is 0.00956 e. The van der Waals surface area contributed by atoms with Gasteiger partial charge in [-0.05, 0) is 61.7 Å². The Morgan fingerprint density at radius 1 is 0.857 bits per heavy atom. The van der Waals surface area contributed by atoms with E-state index in [4.69, 9.17) is 5.73 Å². The molecule has 21 heavy (non-hydrogen) atoms. The second-order valence-electron chi connectivity index (χ2n) is 9.20. The monoisotopic (exact) mass is 292 g/mol. The van der Waals surface area contributed by atoms with Crippen LogP contribution in [0.3, 0.4) is 0 Å². The number of rotatable bonds is 1. The van der Waals surface area contributed by atoms with Crippen molar-refractivity contribution in [2.75, 3.05) is 13.1 Å². The van der Waals surface area contributed by atoms with Gasteiger partial charge in [0.1, 0.15) is 0 Å². The Labute approximate surface area is 131 Å². The normalized spacial score (nSPS) is 42.6. The number of hydrogen-bond donors (Lipinski definition) is 1. The molecule has 1 aliphatic heterocycles. The van der Waals surface area contributed by atoms with Gasteiger partial charge in [0.2, 0.25) is 0 Å². The van der Waals surface area contributed by atoms with Crippen molar-refractivity contribution < 1.29 is 0 Å². The van der Waals surface area contributed by atoms with Gasteiger partial charge >= 0.3 is 0 Å². The molecule has 5 atom stereocenters. The van der Waals surface area contributed by atoms with Crippen LogP contribution in [0.2, 0.25) is 0 Å². The highest BCUT2D eigenvalue weighted by Gasteiger charge is 2.41. The molecule has 3 aliphatic rings. The van der Waals surface area contributed by atoms with E-state index in [9.17, 15) is 0 Å². The summed E-state index contributed by atoms with van der Waals surface area (Å²) in [5.41, 5.74) is 6.89. The number of nitrogens with two attached hydrogens (primary N) is 1. The van der Waals surface area contributed by atoms with E-state index in [1.54, 1.807) is 0 Å². The molecule has 2 nitrogen and oxygen atoms in total. The van der Waals surface area contributed by atoms with Crippen molar-refractivity contribution in [3.8, 4) is 0 Å². The summed E-state index contributed by atoms with van der Waals surface area (Å²) in [5, 5.41) is 0. The second kappa shape index (κ2) is 6.20. The molecule has 2 heteroatoms. The smallest absolute Gasteiger partial charge is 0.00956 e. The standard InChI is InChI=1S/C19H36N2/c1-19(2,3)15-7-5-8-16(11-10-15)21-12-14-6-4-9-18(20)17(14)13-21/h14-18H,4-13,20H2,1-3H3. The summed E-state index contributed by atoms with van der Waals surface area (Å²) in [5.74, 6) is 2.64. The molecule has 0 amide bonds. The first-order chi connectivity index (χ1) is 9.95. The van der Waals surface area contributed by atoms with Crippen molar-refractivity contribution in [3.63, 3.8) is 0 Å². The summed E-state index contributed by atoms with van der Waals surface area (Å²) in [7, 11) is 0. The lowest BCUT2D eigenvalue weighted by atomic mass is 9.76. The molecule has 0 aromatic carbocycles. The van der Waals surface area contributed by atoms with Gasteiger partial charge in [-0.15, -0.1) is 0 Å². The van der Waals surface area contributed by atoms with Crippen molar-refractivity contribution in [3.05, 3.63) is 0 Å². The van der Waals surface area contributed by atoms with E-state index < -0.39 is 0 Å². The molecule has 3 rings (SSSR count). The zero-order valence-electron chi connectivity index (χ0n) is 14.5. The summed E-state index contributed by atoms with van der Waals surface area (Å²) in [6.45, 7) is 9.95. The van der Waals surface area contributed by atoms with E-state index >= 15 is 0 Å². The highest BCUT2D eigenvalue weighted by Crippen LogP contribution is 2.41. The van der Waals surface area contributed by atoms with Crippen LogP contribution in [0, 0.1) is 23.2 Å². The molecule has 2 aliphatic carbocycles. The highest BCUT2D eigenvalue weighted by molar-refractivity contribution is 4.95. The van der Waals surface area contributed by atoms with Crippen LogP contribution >= 0.6 is 0 Å². The molecule has 0 aromatic heterocycles. The Morgan fingerprint density at radius 3 is 2.33 bits per heavy atom. The SMILES string of the molecule is CC(C)(C)C1CCCC(N2CC3CCCC(N)C3C2)CC1. The summed E-state index contributed by atoms with van der Waals surface area (Å²) in [6, 6.07) is 1.34. The van der Waals surface area contributed by atoms with Gasteiger partial charge in [-0.1, -0.05) is 33.6 Å². The summed E-state index contributed by atoms with van der Waals surface area (Å²) >= 11 is 0. The fourth-order valence-corrected chi connectivity index (χ4v) is 5.36. The molecule has 2 N–H and O–H groups in total. The number of nitrogens with zero attached hydrogens (tertiary/aromatic N) is 1. The summed E-state index contributed by atoms with van der Waals surface area (Å²) in [6.07, 6.45) is 11.2. The minimum absolute atomic E-state index is 0.488. The lowest BCUT2D eigenvalue weighted by molar-refractivity contribution is 0.189. The maximum atomic E-state index is 6.40. The van der Waals surface area contributed by atoms with Crippen molar-refractivity contribution >= 4 is 0 Å². The minimum atomic E-state index is 0.488. The van der Waals surface area contributed by atoms with Gasteiger partial charge in [0, 0.05) is 25.2 Å². The molecule has 0 radical (unpaired) electrons. The number of hydrogen-bond acceptors (Lipinski definition) is 2. The van der Waals surface area contributed by atoms with E-state index in [-0.39, 0.29) is 0 Å². The van der Waals surface area contributed by atoms with Gasteiger partial charge in [-0.2, -0.15) is 0 Å². The highest BCUT2D eigenvalue weighted by atomic mass is 15.2. The first-order valence-corrected chi connectivity index (χ1v) is 9.45. The van der Waals surface area contributed by atoms with Crippen LogP contribution in [0.15, 0.2) is 0 Å². The summed E-state index contributed by atoms with van der Waals surface area (Å²) < 4.78 is 0. The molecule has 122 valence electrons. The fraction of sp³-hybridized carbons (Fsp3) is 1.00. The van der Waals surface area contributed by atoms with Gasteiger partial charge in [0.05, 0.1) is 0 Å². The van der Waals surface area contributed by atoms with Crippen LogP contribution in [-0.2, 0) is 0 Å². The molecule has 2 saturated carbocycles. The molecular weight excluding hydrogens is 256 g/mol. The van der Waals surface area contributed by atoms with Crippen molar-refractivity contribution in [1.82, 2.24) is 4.90 Å². The van der Waals surface area contributed by atoms with Gasteiger partial charge in [-0.25, -0.2) is 0 Å². The van der Waals surface area contributed by atoms with Gasteiger partial charge in [-0.3, -0.25) is 4.90 Å². The van der Waals surface area contributed by atoms with E-state index in [1.807, 2.05) is 0 Å².